The van der Waals surface area contributed by atoms with Crippen molar-refractivity contribution in [1.82, 2.24) is 10.2 Å². The molecule has 2 rings (SSSR count). The molecule has 0 saturated heterocycles. The van der Waals surface area contributed by atoms with E-state index in [4.69, 9.17) is 11.6 Å². The van der Waals surface area contributed by atoms with Crippen molar-refractivity contribution >= 4 is 11.6 Å². The van der Waals surface area contributed by atoms with Gasteiger partial charge < -0.3 is 15.3 Å². The van der Waals surface area contributed by atoms with Crippen LogP contribution in [0.2, 0.25) is 5.02 Å². The zero-order valence-corrected chi connectivity index (χ0v) is 11.8. The number of nitrogens with zero attached hydrogens (tertiary/aromatic N) is 1. The summed E-state index contributed by atoms with van der Waals surface area (Å²) in [5.74, 6) is 0.194. The van der Waals surface area contributed by atoms with E-state index in [-0.39, 0.29) is 5.75 Å². The first-order valence-electron chi connectivity index (χ1n) is 6.40. The van der Waals surface area contributed by atoms with Crippen molar-refractivity contribution in [2.24, 2.45) is 0 Å². The van der Waals surface area contributed by atoms with Gasteiger partial charge in [-0.3, -0.25) is 0 Å². The number of phenols is 1. The minimum atomic E-state index is 0.194. The number of hydrogen-bond acceptors (Lipinski definition) is 3. The first-order valence-corrected chi connectivity index (χ1v) is 6.77. The maximum atomic E-state index is 9.82. The highest BCUT2D eigenvalue weighted by Crippen LogP contribution is 2.35. The average Bonchev–Trinajstić information content (AvgIpc) is 2.27. The summed E-state index contributed by atoms with van der Waals surface area (Å²) in [7, 11) is 4.27. The van der Waals surface area contributed by atoms with E-state index in [0.29, 0.717) is 17.1 Å². The Kier molecular flexibility index (Phi) is 4.15. The Hall–Kier alpha value is -0.770. The number of nitrogens with one attached hydrogen (secondary N) is 1. The van der Waals surface area contributed by atoms with Crippen molar-refractivity contribution in [2.75, 3.05) is 20.6 Å². The molecule has 0 unspecified atom stereocenters. The van der Waals surface area contributed by atoms with Gasteiger partial charge in [-0.05, 0) is 39.4 Å². The van der Waals surface area contributed by atoms with Gasteiger partial charge in [-0.2, -0.15) is 0 Å². The van der Waals surface area contributed by atoms with Crippen molar-refractivity contribution < 1.29 is 5.11 Å². The smallest absolute Gasteiger partial charge is 0.138 e. The summed E-state index contributed by atoms with van der Waals surface area (Å²) >= 11 is 5.89. The second-order valence-electron chi connectivity index (χ2n) is 5.32. The molecule has 1 saturated carbocycles. The highest BCUT2D eigenvalue weighted by atomic mass is 35.5. The lowest BCUT2D eigenvalue weighted by molar-refractivity contribution is 0.0598. The Morgan fingerprint density at radius 1 is 1.39 bits per heavy atom. The minimum Gasteiger partial charge on any atom is -0.506 e. The zero-order valence-electron chi connectivity index (χ0n) is 11.0. The summed E-state index contributed by atoms with van der Waals surface area (Å²) in [6.45, 7) is 1.61. The summed E-state index contributed by atoms with van der Waals surface area (Å²) in [4.78, 5) is 2.31. The normalized spacial score (nSPS) is 17.8. The highest BCUT2D eigenvalue weighted by Gasteiger charge is 2.38. The van der Waals surface area contributed by atoms with Crippen LogP contribution in [-0.2, 0) is 6.54 Å². The van der Waals surface area contributed by atoms with Gasteiger partial charge >= 0.3 is 0 Å². The van der Waals surface area contributed by atoms with Crippen LogP contribution in [-0.4, -0.2) is 36.2 Å². The molecule has 0 aromatic heterocycles. The quantitative estimate of drug-likeness (QED) is 0.862. The molecule has 1 aromatic rings. The lowest BCUT2D eigenvalue weighted by Crippen LogP contribution is -2.56. The molecule has 2 N–H and O–H groups in total. The Morgan fingerprint density at radius 3 is 2.67 bits per heavy atom. The molecule has 0 aliphatic heterocycles. The van der Waals surface area contributed by atoms with E-state index in [1.807, 2.05) is 12.1 Å². The number of phenolic OH excluding ortho intramolecular Hbond substituents is 1. The van der Waals surface area contributed by atoms with E-state index in [9.17, 15) is 5.11 Å². The average molecular weight is 269 g/mol. The van der Waals surface area contributed by atoms with Gasteiger partial charge in [-0.25, -0.2) is 0 Å². The third kappa shape index (κ3) is 2.63. The monoisotopic (exact) mass is 268 g/mol. The van der Waals surface area contributed by atoms with Crippen molar-refractivity contribution in [2.45, 2.75) is 31.3 Å². The lowest BCUT2D eigenvalue weighted by Gasteiger charge is -2.47. The van der Waals surface area contributed by atoms with E-state index in [1.165, 1.54) is 19.3 Å². The predicted molar refractivity (Wildman–Crippen MR) is 75.1 cm³/mol. The van der Waals surface area contributed by atoms with Crippen LogP contribution in [0.15, 0.2) is 18.2 Å². The molecule has 18 heavy (non-hydrogen) atoms. The number of aromatic hydroxyl groups is 1. The summed E-state index contributed by atoms with van der Waals surface area (Å²) < 4.78 is 0. The van der Waals surface area contributed by atoms with Crippen LogP contribution in [0.5, 0.6) is 5.75 Å². The number of benzene rings is 1. The second-order valence-corrected chi connectivity index (χ2v) is 5.73. The van der Waals surface area contributed by atoms with Gasteiger partial charge in [-0.15, -0.1) is 0 Å². The zero-order chi connectivity index (χ0) is 13.2. The van der Waals surface area contributed by atoms with Gasteiger partial charge in [0, 0.05) is 24.2 Å². The van der Waals surface area contributed by atoms with Crippen LogP contribution in [0.1, 0.15) is 24.8 Å². The largest absolute Gasteiger partial charge is 0.506 e. The molecule has 1 aliphatic rings. The third-order valence-corrected chi connectivity index (χ3v) is 4.38. The molecule has 0 amide bonds. The standard InChI is InChI=1S/C14H21ClN2O/c1-17(2)14(7-4-8-14)10-16-9-11-5-3-6-12(15)13(11)18/h3,5-6,16,18H,4,7-10H2,1-2H3. The fourth-order valence-corrected chi connectivity index (χ4v) is 2.69. The molecule has 0 heterocycles. The summed E-state index contributed by atoms with van der Waals surface area (Å²) in [6.07, 6.45) is 3.80. The van der Waals surface area contributed by atoms with Crippen LogP contribution in [0.4, 0.5) is 0 Å². The first kappa shape index (κ1) is 13.7. The van der Waals surface area contributed by atoms with Gasteiger partial charge in [0.05, 0.1) is 5.02 Å². The van der Waals surface area contributed by atoms with Gasteiger partial charge in [0.2, 0.25) is 0 Å². The Morgan fingerprint density at radius 2 is 2.11 bits per heavy atom. The van der Waals surface area contributed by atoms with Crippen molar-refractivity contribution in [3.63, 3.8) is 0 Å². The van der Waals surface area contributed by atoms with Crippen LogP contribution >= 0.6 is 11.6 Å². The number of rotatable bonds is 5. The number of para-hydroxylation sites is 1. The SMILES string of the molecule is CN(C)C1(CNCc2cccc(Cl)c2O)CCC1. The van der Waals surface area contributed by atoms with Crippen molar-refractivity contribution in [3.8, 4) is 5.75 Å². The minimum absolute atomic E-state index is 0.194. The van der Waals surface area contributed by atoms with E-state index in [2.05, 4.69) is 24.3 Å². The number of likely N-dealkylation sites (N-methyl/N-ethyl adjacent to an activating group) is 1. The van der Waals surface area contributed by atoms with Gasteiger partial charge in [0.15, 0.2) is 0 Å². The molecule has 0 bridgehead atoms. The second kappa shape index (κ2) is 5.47. The van der Waals surface area contributed by atoms with Gasteiger partial charge in [0.25, 0.3) is 0 Å². The highest BCUT2D eigenvalue weighted by molar-refractivity contribution is 6.32. The van der Waals surface area contributed by atoms with E-state index < -0.39 is 0 Å². The number of hydrogen-bond donors (Lipinski definition) is 2. The molecule has 0 radical (unpaired) electrons. The molecule has 0 spiro atoms. The molecule has 100 valence electrons. The fourth-order valence-electron chi connectivity index (χ4n) is 2.50. The topological polar surface area (TPSA) is 35.5 Å². The van der Waals surface area contributed by atoms with Crippen molar-refractivity contribution in [3.05, 3.63) is 28.8 Å². The predicted octanol–water partition coefficient (Wildman–Crippen LogP) is 2.62. The van der Waals surface area contributed by atoms with E-state index >= 15 is 0 Å². The maximum Gasteiger partial charge on any atom is 0.138 e. The Balaban J connectivity index is 1.90. The van der Waals surface area contributed by atoms with Crippen LogP contribution in [0.3, 0.4) is 0 Å². The molecule has 0 atom stereocenters. The lowest BCUT2D eigenvalue weighted by atomic mass is 9.75. The molecule has 4 heteroatoms. The molecular weight excluding hydrogens is 248 g/mol. The first-order chi connectivity index (χ1) is 8.55. The summed E-state index contributed by atoms with van der Waals surface area (Å²) in [5.41, 5.74) is 1.16. The number of halogens is 1. The maximum absolute atomic E-state index is 9.82. The molecule has 3 nitrogen and oxygen atoms in total. The van der Waals surface area contributed by atoms with Crippen LogP contribution < -0.4 is 5.32 Å². The molecular formula is C14H21ClN2O. The Bertz CT molecular complexity index is 416. The Labute approximate surface area is 114 Å². The van der Waals surface area contributed by atoms with E-state index in [0.717, 1.165) is 12.1 Å². The fraction of sp³-hybridized carbons (Fsp3) is 0.571. The summed E-state index contributed by atoms with van der Waals surface area (Å²) in [5, 5.41) is 13.7. The molecule has 1 aliphatic carbocycles. The molecule has 1 fully saturated rings. The third-order valence-electron chi connectivity index (χ3n) is 4.07. The van der Waals surface area contributed by atoms with Crippen LogP contribution in [0.25, 0.3) is 0 Å². The van der Waals surface area contributed by atoms with Crippen LogP contribution in [0, 0.1) is 0 Å². The van der Waals surface area contributed by atoms with Crippen molar-refractivity contribution in [1.29, 1.82) is 0 Å². The van der Waals surface area contributed by atoms with Gasteiger partial charge in [-0.1, -0.05) is 23.7 Å². The summed E-state index contributed by atoms with van der Waals surface area (Å²) in [6, 6.07) is 5.47. The van der Waals surface area contributed by atoms with E-state index in [1.54, 1.807) is 6.07 Å². The van der Waals surface area contributed by atoms with Gasteiger partial charge in [0.1, 0.15) is 5.75 Å². The molecule has 1 aromatic carbocycles.